The SMILES string of the molecule is COc1cccc(-c2nc3ccccc3n2CCOc2ccccc2OC)c1. The summed E-state index contributed by atoms with van der Waals surface area (Å²) in [6, 6.07) is 23.7. The molecule has 0 saturated heterocycles. The van der Waals surface area contributed by atoms with Crippen LogP contribution in [0.5, 0.6) is 17.2 Å². The zero-order valence-electron chi connectivity index (χ0n) is 16.0. The molecule has 0 radical (unpaired) electrons. The van der Waals surface area contributed by atoms with Crippen molar-refractivity contribution in [3.8, 4) is 28.6 Å². The maximum atomic E-state index is 5.99. The van der Waals surface area contributed by atoms with Gasteiger partial charge in [0.25, 0.3) is 0 Å². The summed E-state index contributed by atoms with van der Waals surface area (Å²) in [6.45, 7) is 1.16. The molecule has 5 heteroatoms. The highest BCUT2D eigenvalue weighted by Gasteiger charge is 2.13. The highest BCUT2D eigenvalue weighted by molar-refractivity contribution is 5.80. The summed E-state index contributed by atoms with van der Waals surface area (Å²) in [5.41, 5.74) is 3.04. The van der Waals surface area contributed by atoms with Gasteiger partial charge in [-0.3, -0.25) is 0 Å². The van der Waals surface area contributed by atoms with E-state index in [-0.39, 0.29) is 0 Å². The Morgan fingerprint density at radius 2 is 1.61 bits per heavy atom. The fourth-order valence-corrected chi connectivity index (χ4v) is 3.27. The predicted molar refractivity (Wildman–Crippen MR) is 110 cm³/mol. The summed E-state index contributed by atoms with van der Waals surface area (Å²) in [4.78, 5) is 4.84. The van der Waals surface area contributed by atoms with Crippen molar-refractivity contribution in [1.29, 1.82) is 0 Å². The summed E-state index contributed by atoms with van der Waals surface area (Å²) in [6.07, 6.45) is 0. The molecule has 4 rings (SSSR count). The van der Waals surface area contributed by atoms with Crippen LogP contribution in [0.2, 0.25) is 0 Å². The van der Waals surface area contributed by atoms with Gasteiger partial charge in [-0.05, 0) is 36.4 Å². The van der Waals surface area contributed by atoms with E-state index in [9.17, 15) is 0 Å². The molecule has 0 atom stereocenters. The van der Waals surface area contributed by atoms with Gasteiger partial charge < -0.3 is 18.8 Å². The third-order valence-electron chi connectivity index (χ3n) is 4.62. The van der Waals surface area contributed by atoms with Gasteiger partial charge in [0.2, 0.25) is 0 Å². The first-order chi connectivity index (χ1) is 13.8. The summed E-state index contributed by atoms with van der Waals surface area (Å²) >= 11 is 0. The van der Waals surface area contributed by atoms with Gasteiger partial charge in [0.1, 0.15) is 18.2 Å². The molecule has 0 fully saturated rings. The minimum absolute atomic E-state index is 0.498. The molecule has 0 aliphatic carbocycles. The number of imidazole rings is 1. The number of ether oxygens (including phenoxy) is 3. The molecule has 142 valence electrons. The molecule has 4 aromatic rings. The number of nitrogens with zero attached hydrogens (tertiary/aromatic N) is 2. The average molecular weight is 374 g/mol. The standard InChI is InChI=1S/C23H22N2O3/c1-26-18-9-7-8-17(16-18)23-24-19-10-3-4-11-20(19)25(23)14-15-28-22-13-6-5-12-21(22)27-2/h3-13,16H,14-15H2,1-2H3. The second-order valence-electron chi connectivity index (χ2n) is 6.31. The number of rotatable bonds is 7. The molecule has 0 spiro atoms. The molecule has 3 aromatic carbocycles. The van der Waals surface area contributed by atoms with Crippen LogP contribution in [-0.4, -0.2) is 30.4 Å². The van der Waals surface area contributed by atoms with E-state index in [1.54, 1.807) is 14.2 Å². The highest BCUT2D eigenvalue weighted by Crippen LogP contribution is 2.28. The van der Waals surface area contributed by atoms with Crippen LogP contribution in [0.15, 0.2) is 72.8 Å². The van der Waals surface area contributed by atoms with Crippen LogP contribution in [0.3, 0.4) is 0 Å². The van der Waals surface area contributed by atoms with Crippen LogP contribution in [0.25, 0.3) is 22.4 Å². The van der Waals surface area contributed by atoms with Crippen LogP contribution in [0, 0.1) is 0 Å². The van der Waals surface area contributed by atoms with Gasteiger partial charge in [0.15, 0.2) is 11.5 Å². The molecule has 1 heterocycles. The van der Waals surface area contributed by atoms with E-state index in [1.165, 1.54) is 0 Å². The van der Waals surface area contributed by atoms with E-state index in [4.69, 9.17) is 19.2 Å². The predicted octanol–water partition coefficient (Wildman–Crippen LogP) is 4.80. The van der Waals surface area contributed by atoms with E-state index in [0.717, 1.165) is 39.7 Å². The van der Waals surface area contributed by atoms with Crippen LogP contribution < -0.4 is 14.2 Å². The molecule has 0 unspecified atom stereocenters. The lowest BCUT2D eigenvalue weighted by Crippen LogP contribution is -2.10. The fraction of sp³-hybridized carbons (Fsp3) is 0.174. The van der Waals surface area contributed by atoms with Crippen molar-refractivity contribution in [2.24, 2.45) is 0 Å². The Balaban J connectivity index is 1.65. The van der Waals surface area contributed by atoms with E-state index in [1.807, 2.05) is 66.7 Å². The Morgan fingerprint density at radius 1 is 0.821 bits per heavy atom. The van der Waals surface area contributed by atoms with Gasteiger partial charge >= 0.3 is 0 Å². The summed E-state index contributed by atoms with van der Waals surface area (Å²) in [5.74, 6) is 3.16. The van der Waals surface area contributed by atoms with Crippen LogP contribution in [0.4, 0.5) is 0 Å². The number of methoxy groups -OCH3 is 2. The molecule has 5 nitrogen and oxygen atoms in total. The minimum atomic E-state index is 0.498. The van der Waals surface area contributed by atoms with Crippen molar-refractivity contribution in [3.05, 3.63) is 72.8 Å². The molecule has 0 bridgehead atoms. The lowest BCUT2D eigenvalue weighted by molar-refractivity contribution is 0.281. The molecule has 0 aliphatic heterocycles. The number of fused-ring (bicyclic) bond motifs is 1. The molecule has 0 saturated carbocycles. The van der Waals surface area contributed by atoms with Crippen molar-refractivity contribution in [2.75, 3.05) is 20.8 Å². The number of benzene rings is 3. The summed E-state index contributed by atoms with van der Waals surface area (Å²) in [5, 5.41) is 0. The second-order valence-corrected chi connectivity index (χ2v) is 6.31. The van der Waals surface area contributed by atoms with Gasteiger partial charge in [-0.15, -0.1) is 0 Å². The summed E-state index contributed by atoms with van der Waals surface area (Å²) < 4.78 is 18.9. The Bertz CT molecular complexity index is 1090. The Morgan fingerprint density at radius 3 is 2.43 bits per heavy atom. The van der Waals surface area contributed by atoms with Crippen molar-refractivity contribution in [3.63, 3.8) is 0 Å². The molecule has 1 aromatic heterocycles. The van der Waals surface area contributed by atoms with Crippen molar-refractivity contribution < 1.29 is 14.2 Å². The van der Waals surface area contributed by atoms with Crippen LogP contribution in [-0.2, 0) is 6.54 Å². The Labute approximate surface area is 164 Å². The third-order valence-corrected chi connectivity index (χ3v) is 4.62. The normalized spacial score (nSPS) is 10.8. The smallest absolute Gasteiger partial charge is 0.161 e. The van der Waals surface area contributed by atoms with E-state index >= 15 is 0 Å². The lowest BCUT2D eigenvalue weighted by atomic mass is 10.2. The second kappa shape index (κ2) is 8.05. The summed E-state index contributed by atoms with van der Waals surface area (Å²) in [7, 11) is 3.32. The van der Waals surface area contributed by atoms with Gasteiger partial charge in [-0.2, -0.15) is 0 Å². The molecule has 0 N–H and O–H groups in total. The van der Waals surface area contributed by atoms with Gasteiger partial charge in [0.05, 0.1) is 31.8 Å². The molecule has 0 aliphatic rings. The van der Waals surface area contributed by atoms with Gasteiger partial charge in [-0.25, -0.2) is 4.98 Å². The van der Waals surface area contributed by atoms with Gasteiger partial charge in [0, 0.05) is 5.56 Å². The molecule has 0 amide bonds. The zero-order chi connectivity index (χ0) is 19.3. The largest absolute Gasteiger partial charge is 0.497 e. The van der Waals surface area contributed by atoms with Crippen molar-refractivity contribution >= 4 is 11.0 Å². The zero-order valence-corrected chi connectivity index (χ0v) is 16.0. The number of para-hydroxylation sites is 4. The third kappa shape index (κ3) is 3.51. The maximum Gasteiger partial charge on any atom is 0.161 e. The van der Waals surface area contributed by atoms with E-state index in [0.29, 0.717) is 13.2 Å². The van der Waals surface area contributed by atoms with Crippen molar-refractivity contribution in [2.45, 2.75) is 6.54 Å². The first kappa shape index (κ1) is 17.9. The first-order valence-corrected chi connectivity index (χ1v) is 9.15. The first-order valence-electron chi connectivity index (χ1n) is 9.15. The number of aromatic nitrogens is 2. The maximum absolute atomic E-state index is 5.99. The van der Waals surface area contributed by atoms with Gasteiger partial charge in [-0.1, -0.05) is 36.4 Å². The Hall–Kier alpha value is -3.47. The Kier molecular flexibility index (Phi) is 5.15. The van der Waals surface area contributed by atoms with Crippen LogP contribution >= 0.6 is 0 Å². The monoisotopic (exact) mass is 374 g/mol. The van der Waals surface area contributed by atoms with E-state index < -0.39 is 0 Å². The molecular weight excluding hydrogens is 352 g/mol. The quantitative estimate of drug-likeness (QED) is 0.466. The van der Waals surface area contributed by atoms with E-state index in [2.05, 4.69) is 10.6 Å². The van der Waals surface area contributed by atoms with Crippen molar-refractivity contribution in [1.82, 2.24) is 9.55 Å². The molecule has 28 heavy (non-hydrogen) atoms. The fourth-order valence-electron chi connectivity index (χ4n) is 3.27. The van der Waals surface area contributed by atoms with Crippen LogP contribution in [0.1, 0.15) is 0 Å². The topological polar surface area (TPSA) is 45.5 Å². The average Bonchev–Trinajstić information content (AvgIpc) is 3.13. The highest BCUT2D eigenvalue weighted by atomic mass is 16.5. The number of hydrogen-bond acceptors (Lipinski definition) is 4. The number of hydrogen-bond donors (Lipinski definition) is 0. The minimum Gasteiger partial charge on any atom is -0.497 e. The molecular formula is C23H22N2O3. The lowest BCUT2D eigenvalue weighted by Gasteiger charge is -2.13.